The number of hydrogen-bond acceptors (Lipinski definition) is 2. The van der Waals surface area contributed by atoms with Crippen LogP contribution >= 0.6 is 0 Å². The van der Waals surface area contributed by atoms with E-state index in [9.17, 15) is 4.79 Å². The first-order valence-electron chi connectivity index (χ1n) is 6.66. The summed E-state index contributed by atoms with van der Waals surface area (Å²) in [5.41, 5.74) is 5.44. The molecule has 3 nitrogen and oxygen atoms in total. The van der Waals surface area contributed by atoms with E-state index in [1.807, 2.05) is 0 Å². The second-order valence-corrected chi connectivity index (χ2v) is 5.67. The quantitative estimate of drug-likeness (QED) is 0.766. The van der Waals surface area contributed by atoms with Crippen molar-refractivity contribution in [1.82, 2.24) is 5.32 Å². The van der Waals surface area contributed by atoms with Gasteiger partial charge in [-0.3, -0.25) is 4.79 Å². The van der Waals surface area contributed by atoms with Gasteiger partial charge in [-0.15, -0.1) is 0 Å². The van der Waals surface area contributed by atoms with Crippen molar-refractivity contribution in [2.24, 2.45) is 23.0 Å². The minimum Gasteiger partial charge on any atom is -0.369 e. The summed E-state index contributed by atoms with van der Waals surface area (Å²) in [5, 5.41) is 3.36. The molecule has 3 N–H and O–H groups in total. The maximum atomic E-state index is 11.9. The highest BCUT2D eigenvalue weighted by Crippen LogP contribution is 2.45. The topological polar surface area (TPSA) is 55.1 Å². The van der Waals surface area contributed by atoms with Crippen molar-refractivity contribution in [2.75, 3.05) is 13.1 Å². The zero-order chi connectivity index (χ0) is 11.6. The number of hydrogen-bond donors (Lipinski definition) is 2. The molecule has 0 aromatic heterocycles. The fourth-order valence-corrected chi connectivity index (χ4v) is 3.60. The molecule has 0 bridgehead atoms. The molecule has 1 aliphatic heterocycles. The lowest BCUT2D eigenvalue weighted by atomic mass is 9.62. The summed E-state index contributed by atoms with van der Waals surface area (Å²) in [5.74, 6) is 0.893. The van der Waals surface area contributed by atoms with Gasteiger partial charge in [-0.2, -0.15) is 0 Å². The molecule has 16 heavy (non-hydrogen) atoms. The fourth-order valence-electron chi connectivity index (χ4n) is 3.60. The Morgan fingerprint density at radius 2 is 1.88 bits per heavy atom. The van der Waals surface area contributed by atoms with Crippen molar-refractivity contribution in [3.8, 4) is 0 Å². The van der Waals surface area contributed by atoms with Crippen LogP contribution in [0.25, 0.3) is 0 Å². The van der Waals surface area contributed by atoms with Crippen molar-refractivity contribution in [3.05, 3.63) is 0 Å². The van der Waals surface area contributed by atoms with Crippen LogP contribution < -0.4 is 11.1 Å². The van der Waals surface area contributed by atoms with Gasteiger partial charge in [0.2, 0.25) is 5.91 Å². The van der Waals surface area contributed by atoms with Crippen molar-refractivity contribution in [3.63, 3.8) is 0 Å². The molecule has 3 heteroatoms. The lowest BCUT2D eigenvalue weighted by molar-refractivity contribution is -0.134. The molecular weight excluding hydrogens is 200 g/mol. The molecular formula is C13H24N2O. The maximum absolute atomic E-state index is 11.9. The first-order chi connectivity index (χ1) is 7.65. The number of carbonyl (C=O) groups is 1. The smallest absolute Gasteiger partial charge is 0.223 e. The monoisotopic (exact) mass is 224 g/mol. The van der Waals surface area contributed by atoms with E-state index < -0.39 is 0 Å². The molecule has 1 saturated carbocycles. The van der Waals surface area contributed by atoms with E-state index in [2.05, 4.69) is 12.2 Å². The predicted molar refractivity (Wildman–Crippen MR) is 64.9 cm³/mol. The van der Waals surface area contributed by atoms with Gasteiger partial charge < -0.3 is 11.1 Å². The Bertz CT molecular complexity index is 255. The Kier molecular flexibility index (Phi) is 3.53. The first-order valence-corrected chi connectivity index (χ1v) is 6.66. The van der Waals surface area contributed by atoms with E-state index in [4.69, 9.17) is 5.73 Å². The van der Waals surface area contributed by atoms with Crippen LogP contribution in [0.2, 0.25) is 0 Å². The number of nitrogens with two attached hydrogens (primary N) is 1. The van der Waals surface area contributed by atoms with Gasteiger partial charge in [0.25, 0.3) is 0 Å². The molecule has 92 valence electrons. The molecule has 2 atom stereocenters. The summed E-state index contributed by atoms with van der Waals surface area (Å²) in [6.45, 7) is 4.12. The Morgan fingerprint density at radius 1 is 1.19 bits per heavy atom. The lowest BCUT2D eigenvalue weighted by Gasteiger charge is -2.41. The van der Waals surface area contributed by atoms with Gasteiger partial charge in [-0.05, 0) is 44.2 Å². The second kappa shape index (κ2) is 4.74. The molecule has 0 aromatic carbocycles. The summed E-state index contributed by atoms with van der Waals surface area (Å²) >= 11 is 0. The van der Waals surface area contributed by atoms with Gasteiger partial charge in [-0.1, -0.05) is 26.2 Å². The highest BCUT2D eigenvalue weighted by atomic mass is 16.1. The lowest BCUT2D eigenvalue weighted by Crippen LogP contribution is -2.47. The summed E-state index contributed by atoms with van der Waals surface area (Å²) in [6.07, 6.45) is 7.36. The number of rotatable bonds is 3. The van der Waals surface area contributed by atoms with Crippen molar-refractivity contribution in [2.45, 2.75) is 45.4 Å². The summed E-state index contributed by atoms with van der Waals surface area (Å²) in [7, 11) is 0. The van der Waals surface area contributed by atoms with E-state index >= 15 is 0 Å². The molecule has 2 unspecified atom stereocenters. The first kappa shape index (κ1) is 11.9. The zero-order valence-corrected chi connectivity index (χ0v) is 10.3. The van der Waals surface area contributed by atoms with E-state index in [1.165, 1.54) is 32.1 Å². The average Bonchev–Trinajstić information content (AvgIpc) is 2.82. The largest absolute Gasteiger partial charge is 0.369 e. The highest BCUT2D eigenvalue weighted by Gasteiger charge is 2.46. The number of nitrogens with one attached hydrogen (secondary N) is 1. The normalized spacial score (nSPS) is 31.2. The van der Waals surface area contributed by atoms with Gasteiger partial charge in [0.15, 0.2) is 0 Å². The molecule has 2 aliphatic rings. The maximum Gasteiger partial charge on any atom is 0.223 e. The molecule has 1 heterocycles. The van der Waals surface area contributed by atoms with E-state index in [1.54, 1.807) is 0 Å². The third-order valence-electron chi connectivity index (χ3n) is 4.89. The van der Waals surface area contributed by atoms with Crippen LogP contribution in [0.5, 0.6) is 0 Å². The number of primary amides is 1. The third-order valence-corrected chi connectivity index (χ3v) is 4.89. The van der Waals surface area contributed by atoms with E-state index in [-0.39, 0.29) is 11.3 Å². The van der Waals surface area contributed by atoms with Crippen LogP contribution in [0.15, 0.2) is 0 Å². The Hall–Kier alpha value is -0.570. The molecule has 0 radical (unpaired) electrons. The molecule has 0 spiro atoms. The number of carbonyl (C=O) groups excluding carboxylic acids is 1. The predicted octanol–water partition coefficient (Wildman–Crippen LogP) is 1.67. The van der Waals surface area contributed by atoms with Crippen LogP contribution in [0.4, 0.5) is 0 Å². The molecule has 2 rings (SSSR count). The van der Waals surface area contributed by atoms with Gasteiger partial charge in [0.1, 0.15) is 0 Å². The van der Waals surface area contributed by atoms with Gasteiger partial charge >= 0.3 is 0 Å². The Labute approximate surface area is 98.2 Å². The Morgan fingerprint density at radius 3 is 2.38 bits per heavy atom. The van der Waals surface area contributed by atoms with E-state index in [0.29, 0.717) is 11.8 Å². The zero-order valence-electron chi connectivity index (χ0n) is 10.3. The van der Waals surface area contributed by atoms with Gasteiger partial charge in [0, 0.05) is 0 Å². The fraction of sp³-hybridized carbons (Fsp3) is 0.923. The van der Waals surface area contributed by atoms with Crippen molar-refractivity contribution < 1.29 is 4.79 Å². The standard InChI is InChI=1S/C13H24N2O/c1-13(12(14)16,11-7-8-15-9-11)10-5-3-2-4-6-10/h10-11,15H,2-9H2,1H3,(H2,14,16). The molecule has 1 saturated heterocycles. The van der Waals surface area contributed by atoms with Crippen molar-refractivity contribution in [1.29, 1.82) is 0 Å². The molecule has 0 aromatic rings. The second-order valence-electron chi connectivity index (χ2n) is 5.67. The van der Waals surface area contributed by atoms with Crippen molar-refractivity contribution >= 4 is 5.91 Å². The molecule has 1 aliphatic carbocycles. The summed E-state index contributed by atoms with van der Waals surface area (Å²) in [4.78, 5) is 11.9. The van der Waals surface area contributed by atoms with Crippen LogP contribution in [0.1, 0.15) is 45.4 Å². The van der Waals surface area contributed by atoms with Crippen LogP contribution in [-0.4, -0.2) is 19.0 Å². The minimum atomic E-state index is -0.274. The minimum absolute atomic E-state index is 0.0758. The molecule has 1 amide bonds. The average molecular weight is 224 g/mol. The number of amides is 1. The summed E-state index contributed by atoms with van der Waals surface area (Å²) < 4.78 is 0. The third kappa shape index (κ3) is 1.97. The SMILES string of the molecule is CC(C(N)=O)(C1CCCCC1)C1CCNC1. The Balaban J connectivity index is 2.15. The van der Waals surface area contributed by atoms with Crippen LogP contribution in [-0.2, 0) is 4.79 Å². The van der Waals surface area contributed by atoms with Gasteiger partial charge in [-0.25, -0.2) is 0 Å². The van der Waals surface area contributed by atoms with E-state index in [0.717, 1.165) is 19.5 Å². The van der Waals surface area contributed by atoms with Gasteiger partial charge in [0.05, 0.1) is 5.41 Å². The molecule has 2 fully saturated rings. The highest BCUT2D eigenvalue weighted by molar-refractivity contribution is 5.81. The van der Waals surface area contributed by atoms with Crippen LogP contribution in [0, 0.1) is 17.3 Å². The summed E-state index contributed by atoms with van der Waals surface area (Å²) in [6, 6.07) is 0. The van der Waals surface area contributed by atoms with Crippen LogP contribution in [0.3, 0.4) is 0 Å².